The van der Waals surface area contributed by atoms with Gasteiger partial charge < -0.3 is 10.2 Å². The molecule has 36 heavy (non-hydrogen) atoms. The molecule has 1 saturated heterocycles. The maximum Gasteiger partial charge on any atom is 0.249 e. The van der Waals surface area contributed by atoms with Gasteiger partial charge in [-0.3, -0.25) is 14.5 Å². The van der Waals surface area contributed by atoms with Gasteiger partial charge in [0.2, 0.25) is 21.8 Å². The lowest BCUT2D eigenvalue weighted by atomic mass is 9.82. The highest BCUT2D eigenvalue weighted by atomic mass is 35.5. The van der Waals surface area contributed by atoms with E-state index in [-0.39, 0.29) is 37.5 Å². The van der Waals surface area contributed by atoms with E-state index in [4.69, 9.17) is 23.2 Å². The van der Waals surface area contributed by atoms with Crippen molar-refractivity contribution < 1.29 is 18.0 Å². The molecule has 0 bridgehead atoms. The van der Waals surface area contributed by atoms with Crippen LogP contribution in [0, 0.1) is 0 Å². The van der Waals surface area contributed by atoms with Crippen molar-refractivity contribution in [1.29, 1.82) is 0 Å². The van der Waals surface area contributed by atoms with Crippen LogP contribution < -0.4 is 5.32 Å². The molecule has 0 aromatic heterocycles. The minimum atomic E-state index is -3.31. The van der Waals surface area contributed by atoms with Crippen molar-refractivity contribution in [3.63, 3.8) is 0 Å². The Bertz CT molecular complexity index is 1280. The lowest BCUT2D eigenvalue weighted by molar-refractivity contribution is -0.140. The third-order valence-electron chi connectivity index (χ3n) is 6.88. The number of halogens is 2. The molecule has 11 heteroatoms. The number of sulfonamides is 1. The molecular weight excluding hydrogens is 523 g/mol. The molecule has 2 heterocycles. The van der Waals surface area contributed by atoms with Crippen LogP contribution in [-0.4, -0.2) is 79.4 Å². The fourth-order valence-electron chi connectivity index (χ4n) is 5.11. The van der Waals surface area contributed by atoms with E-state index in [1.165, 1.54) is 10.6 Å². The van der Waals surface area contributed by atoms with Gasteiger partial charge in [0.15, 0.2) is 0 Å². The molecule has 1 N–H and O–H groups in total. The van der Waals surface area contributed by atoms with E-state index in [0.29, 0.717) is 35.2 Å². The van der Waals surface area contributed by atoms with Gasteiger partial charge in [0, 0.05) is 59.9 Å². The van der Waals surface area contributed by atoms with E-state index in [2.05, 4.69) is 5.32 Å². The molecule has 194 valence electrons. The third-order valence-corrected chi connectivity index (χ3v) is 8.65. The van der Waals surface area contributed by atoms with Gasteiger partial charge >= 0.3 is 0 Å². The first-order valence-corrected chi connectivity index (χ1v) is 14.4. The summed E-state index contributed by atoms with van der Waals surface area (Å²) in [6.45, 7) is 5.01. The van der Waals surface area contributed by atoms with Gasteiger partial charge in [0.05, 0.1) is 12.8 Å². The van der Waals surface area contributed by atoms with Crippen LogP contribution in [0.4, 0.5) is 5.69 Å². The summed E-state index contributed by atoms with van der Waals surface area (Å²) in [4.78, 5) is 30.9. The molecule has 2 amide bonds. The van der Waals surface area contributed by atoms with Crippen LogP contribution in [0.2, 0.25) is 10.0 Å². The fraction of sp³-hybridized carbons (Fsp3) is 0.440. The standard InChI is InChI=1S/C25H30Cl2N4O4S/c1-17(2)31(16-23(32)29-9-11-30(12-10-29)36(3,34)35)25(15-18-5-4-6-19(26)13-18)21-8-7-20(27)14-22(21)28-24(25)33/h4-8,13-14,17H,9-12,15-16H2,1-3H3,(H,28,33). The highest BCUT2D eigenvalue weighted by molar-refractivity contribution is 7.88. The van der Waals surface area contributed by atoms with Gasteiger partial charge in [-0.15, -0.1) is 0 Å². The number of amides is 2. The predicted octanol–water partition coefficient (Wildman–Crippen LogP) is 3.20. The third kappa shape index (κ3) is 5.26. The van der Waals surface area contributed by atoms with Gasteiger partial charge in [-0.2, -0.15) is 4.31 Å². The van der Waals surface area contributed by atoms with Crippen molar-refractivity contribution in [2.75, 3.05) is 44.3 Å². The first-order chi connectivity index (χ1) is 16.9. The molecule has 1 fully saturated rings. The highest BCUT2D eigenvalue weighted by Gasteiger charge is 2.52. The predicted molar refractivity (Wildman–Crippen MR) is 142 cm³/mol. The zero-order chi connectivity index (χ0) is 26.3. The van der Waals surface area contributed by atoms with Gasteiger partial charge in [-0.1, -0.05) is 41.4 Å². The number of fused-ring (bicyclic) bond motifs is 1. The van der Waals surface area contributed by atoms with Gasteiger partial charge in [0.1, 0.15) is 5.54 Å². The SMILES string of the molecule is CC(C)N(CC(=O)N1CCN(S(C)(=O)=O)CC1)C1(Cc2cccc(Cl)c2)C(=O)Nc2cc(Cl)ccc21. The fourth-order valence-corrected chi connectivity index (χ4v) is 6.32. The van der Waals surface area contributed by atoms with Crippen LogP contribution in [-0.2, 0) is 31.6 Å². The zero-order valence-corrected chi connectivity index (χ0v) is 22.8. The van der Waals surface area contributed by atoms with Crippen LogP contribution in [0.5, 0.6) is 0 Å². The number of carbonyl (C=O) groups is 2. The van der Waals surface area contributed by atoms with E-state index < -0.39 is 15.6 Å². The molecule has 1 atom stereocenters. The van der Waals surface area contributed by atoms with Gasteiger partial charge in [-0.25, -0.2) is 8.42 Å². The summed E-state index contributed by atoms with van der Waals surface area (Å²) in [6, 6.07) is 12.5. The number of nitrogens with one attached hydrogen (secondary N) is 1. The van der Waals surface area contributed by atoms with Crippen LogP contribution in [0.1, 0.15) is 25.0 Å². The van der Waals surface area contributed by atoms with E-state index in [0.717, 1.165) is 11.1 Å². The lowest BCUT2D eigenvalue weighted by Crippen LogP contribution is -2.59. The molecule has 0 radical (unpaired) electrons. The molecule has 0 aliphatic carbocycles. The van der Waals surface area contributed by atoms with Crippen LogP contribution in [0.15, 0.2) is 42.5 Å². The molecule has 1 unspecified atom stereocenters. The number of piperazine rings is 1. The molecular formula is C25H30Cl2N4O4S. The second-order valence-electron chi connectivity index (χ2n) is 9.58. The molecule has 8 nitrogen and oxygen atoms in total. The van der Waals surface area contributed by atoms with E-state index in [1.54, 1.807) is 23.1 Å². The normalized spacial score (nSPS) is 20.6. The topological polar surface area (TPSA) is 90.0 Å². The summed E-state index contributed by atoms with van der Waals surface area (Å²) in [5.41, 5.74) is 1.07. The smallest absolute Gasteiger partial charge is 0.249 e. The van der Waals surface area contributed by atoms with E-state index >= 15 is 0 Å². The second-order valence-corrected chi connectivity index (χ2v) is 12.4. The van der Waals surface area contributed by atoms with E-state index in [1.807, 2.05) is 43.0 Å². The summed E-state index contributed by atoms with van der Waals surface area (Å²) in [7, 11) is -3.31. The number of anilines is 1. The molecule has 2 aliphatic rings. The minimum absolute atomic E-state index is 0.00735. The average molecular weight is 554 g/mol. The Hall–Kier alpha value is -2.17. The van der Waals surface area contributed by atoms with Crippen molar-refractivity contribution in [3.05, 3.63) is 63.6 Å². The maximum absolute atomic E-state index is 13.8. The summed E-state index contributed by atoms with van der Waals surface area (Å²) in [6.07, 6.45) is 1.48. The quantitative estimate of drug-likeness (QED) is 0.569. The Labute approximate surface area is 222 Å². The first kappa shape index (κ1) is 26.9. The number of nitrogens with zero attached hydrogens (tertiary/aromatic N) is 3. The maximum atomic E-state index is 13.8. The zero-order valence-electron chi connectivity index (χ0n) is 20.5. The van der Waals surface area contributed by atoms with Crippen LogP contribution >= 0.6 is 23.2 Å². The number of benzene rings is 2. The molecule has 2 aromatic carbocycles. The Kier molecular flexibility index (Phi) is 7.69. The molecule has 2 aliphatic heterocycles. The minimum Gasteiger partial charge on any atom is -0.339 e. The van der Waals surface area contributed by atoms with Gasteiger partial charge in [0.25, 0.3) is 0 Å². The molecule has 0 spiro atoms. The van der Waals surface area contributed by atoms with Gasteiger partial charge in [-0.05, 0) is 43.7 Å². The number of carbonyl (C=O) groups excluding carboxylic acids is 2. The summed E-state index contributed by atoms with van der Waals surface area (Å²) in [5, 5.41) is 4.04. The Morgan fingerprint density at radius 2 is 1.75 bits per heavy atom. The van der Waals surface area contributed by atoms with Crippen LogP contribution in [0.3, 0.4) is 0 Å². The first-order valence-electron chi connectivity index (χ1n) is 11.8. The molecule has 0 saturated carbocycles. The van der Waals surface area contributed by atoms with Crippen molar-refractivity contribution in [1.82, 2.24) is 14.1 Å². The Balaban J connectivity index is 1.70. The summed E-state index contributed by atoms with van der Waals surface area (Å²) < 4.78 is 25.1. The number of hydrogen-bond donors (Lipinski definition) is 1. The highest BCUT2D eigenvalue weighted by Crippen LogP contribution is 2.45. The monoisotopic (exact) mass is 552 g/mol. The summed E-state index contributed by atoms with van der Waals surface area (Å²) >= 11 is 12.5. The molecule has 2 aromatic rings. The van der Waals surface area contributed by atoms with Crippen molar-refractivity contribution in [3.8, 4) is 0 Å². The Morgan fingerprint density at radius 3 is 2.36 bits per heavy atom. The number of rotatable bonds is 7. The van der Waals surface area contributed by atoms with Crippen molar-refractivity contribution in [2.45, 2.75) is 31.8 Å². The van der Waals surface area contributed by atoms with Crippen LogP contribution in [0.25, 0.3) is 0 Å². The average Bonchev–Trinajstić information content (AvgIpc) is 3.07. The largest absolute Gasteiger partial charge is 0.339 e. The number of hydrogen-bond acceptors (Lipinski definition) is 5. The second kappa shape index (κ2) is 10.3. The molecule has 4 rings (SSSR count). The van der Waals surface area contributed by atoms with Crippen molar-refractivity contribution in [2.24, 2.45) is 0 Å². The summed E-state index contributed by atoms with van der Waals surface area (Å²) in [5.74, 6) is -0.388. The van der Waals surface area contributed by atoms with E-state index in [9.17, 15) is 18.0 Å². The lowest BCUT2D eigenvalue weighted by Gasteiger charge is -2.43. The van der Waals surface area contributed by atoms with Crippen molar-refractivity contribution >= 4 is 50.7 Å². The Morgan fingerprint density at radius 1 is 1.08 bits per heavy atom.